The van der Waals surface area contributed by atoms with Gasteiger partial charge in [-0.05, 0) is 24.5 Å². The smallest absolute Gasteiger partial charge is 0.249 e. The van der Waals surface area contributed by atoms with E-state index >= 15 is 0 Å². The number of nitrogens with zero attached hydrogens (tertiary/aromatic N) is 1. The lowest BCUT2D eigenvalue weighted by Crippen LogP contribution is -2.47. The standard InChI is InChI=1S/C12H15N3O2/c1-2-8-3-5-10(13-7-8)14-9-4-6-11(16)15-12(9)17/h3,5,7,9H,2,4,6H2,1H3,(H,13,14)(H,15,16,17). The quantitative estimate of drug-likeness (QED) is 0.760. The van der Waals surface area contributed by atoms with Crippen LogP contribution in [0.2, 0.25) is 0 Å². The molecule has 1 unspecified atom stereocenters. The van der Waals surface area contributed by atoms with Gasteiger partial charge in [0.05, 0.1) is 0 Å². The molecular weight excluding hydrogens is 218 g/mol. The van der Waals surface area contributed by atoms with Gasteiger partial charge in [0.1, 0.15) is 11.9 Å². The number of hydrogen-bond acceptors (Lipinski definition) is 4. The largest absolute Gasteiger partial charge is 0.358 e. The molecule has 17 heavy (non-hydrogen) atoms. The fourth-order valence-corrected chi connectivity index (χ4v) is 1.73. The first-order valence-electron chi connectivity index (χ1n) is 5.74. The number of carbonyl (C=O) groups is 2. The molecule has 1 atom stereocenters. The molecule has 1 aromatic rings. The highest BCUT2D eigenvalue weighted by molar-refractivity contribution is 6.01. The average molecular weight is 233 g/mol. The average Bonchev–Trinajstić information content (AvgIpc) is 2.34. The lowest BCUT2D eigenvalue weighted by Gasteiger charge is -2.22. The van der Waals surface area contributed by atoms with Crippen LogP contribution in [0.25, 0.3) is 0 Å². The minimum absolute atomic E-state index is 0.206. The van der Waals surface area contributed by atoms with E-state index in [9.17, 15) is 9.59 Å². The summed E-state index contributed by atoms with van der Waals surface area (Å²) in [5.41, 5.74) is 1.15. The zero-order valence-corrected chi connectivity index (χ0v) is 9.69. The van der Waals surface area contributed by atoms with E-state index in [2.05, 4.69) is 22.5 Å². The van der Waals surface area contributed by atoms with E-state index in [0.717, 1.165) is 12.0 Å². The van der Waals surface area contributed by atoms with E-state index in [4.69, 9.17) is 0 Å². The number of carbonyl (C=O) groups excluding carboxylic acids is 2. The first kappa shape index (κ1) is 11.6. The summed E-state index contributed by atoms with van der Waals surface area (Å²) < 4.78 is 0. The molecule has 5 heteroatoms. The maximum atomic E-state index is 11.5. The van der Waals surface area contributed by atoms with Gasteiger partial charge in [-0.3, -0.25) is 14.9 Å². The Kier molecular flexibility index (Phi) is 3.37. The summed E-state index contributed by atoms with van der Waals surface area (Å²) in [6.45, 7) is 2.06. The van der Waals surface area contributed by atoms with Crippen LogP contribution in [0.5, 0.6) is 0 Å². The number of pyridine rings is 1. The van der Waals surface area contributed by atoms with Crippen LogP contribution in [0.1, 0.15) is 25.3 Å². The number of aryl methyl sites for hydroxylation is 1. The molecule has 1 aromatic heterocycles. The number of imide groups is 1. The van der Waals surface area contributed by atoms with Gasteiger partial charge in [-0.1, -0.05) is 13.0 Å². The fourth-order valence-electron chi connectivity index (χ4n) is 1.73. The zero-order chi connectivity index (χ0) is 12.3. The molecule has 1 fully saturated rings. The van der Waals surface area contributed by atoms with Crippen LogP contribution in [0.15, 0.2) is 18.3 Å². The van der Waals surface area contributed by atoms with Crippen molar-refractivity contribution in [2.24, 2.45) is 0 Å². The van der Waals surface area contributed by atoms with Crippen LogP contribution in [-0.2, 0) is 16.0 Å². The Morgan fingerprint density at radius 2 is 2.29 bits per heavy atom. The van der Waals surface area contributed by atoms with E-state index in [0.29, 0.717) is 18.7 Å². The number of piperidine rings is 1. The molecule has 2 rings (SSSR count). The van der Waals surface area contributed by atoms with Crippen LogP contribution >= 0.6 is 0 Å². The second kappa shape index (κ2) is 4.95. The van der Waals surface area contributed by atoms with Gasteiger partial charge in [-0.25, -0.2) is 4.98 Å². The summed E-state index contributed by atoms with van der Waals surface area (Å²) >= 11 is 0. The second-order valence-electron chi connectivity index (χ2n) is 4.05. The zero-order valence-electron chi connectivity index (χ0n) is 9.69. The SMILES string of the molecule is CCc1ccc(NC2CCC(=O)NC2=O)nc1. The number of aromatic nitrogens is 1. The van der Waals surface area contributed by atoms with Crippen molar-refractivity contribution < 1.29 is 9.59 Å². The van der Waals surface area contributed by atoms with Crippen molar-refractivity contribution in [3.05, 3.63) is 23.9 Å². The normalized spacial score (nSPS) is 19.9. The highest BCUT2D eigenvalue weighted by atomic mass is 16.2. The minimum atomic E-state index is -0.368. The van der Waals surface area contributed by atoms with Gasteiger partial charge in [0.15, 0.2) is 0 Å². The molecule has 2 N–H and O–H groups in total. The lowest BCUT2D eigenvalue weighted by molar-refractivity contribution is -0.133. The van der Waals surface area contributed by atoms with Crippen molar-refractivity contribution in [2.75, 3.05) is 5.32 Å². The number of nitrogens with one attached hydrogen (secondary N) is 2. The summed E-state index contributed by atoms with van der Waals surface area (Å²) in [7, 11) is 0. The molecule has 1 aliphatic rings. The molecule has 0 radical (unpaired) electrons. The maximum absolute atomic E-state index is 11.5. The summed E-state index contributed by atoms with van der Waals surface area (Å²) in [6, 6.07) is 3.46. The van der Waals surface area contributed by atoms with Crippen molar-refractivity contribution in [2.45, 2.75) is 32.2 Å². The van der Waals surface area contributed by atoms with Crippen molar-refractivity contribution in [1.29, 1.82) is 0 Å². The third kappa shape index (κ3) is 2.81. The van der Waals surface area contributed by atoms with E-state index < -0.39 is 0 Å². The predicted molar refractivity (Wildman–Crippen MR) is 63.4 cm³/mol. The molecule has 0 aliphatic carbocycles. The molecule has 1 saturated heterocycles. The van der Waals surface area contributed by atoms with E-state index in [1.54, 1.807) is 6.20 Å². The van der Waals surface area contributed by atoms with Crippen molar-refractivity contribution in [3.63, 3.8) is 0 Å². The molecule has 0 bridgehead atoms. The fraction of sp³-hybridized carbons (Fsp3) is 0.417. The molecule has 0 saturated carbocycles. The molecule has 2 amide bonds. The Hall–Kier alpha value is -1.91. The second-order valence-corrected chi connectivity index (χ2v) is 4.05. The summed E-state index contributed by atoms with van der Waals surface area (Å²) in [6.07, 6.45) is 3.61. The van der Waals surface area contributed by atoms with Gasteiger partial charge >= 0.3 is 0 Å². The topological polar surface area (TPSA) is 71.1 Å². The molecule has 0 aromatic carbocycles. The maximum Gasteiger partial charge on any atom is 0.249 e. The Morgan fingerprint density at radius 1 is 1.47 bits per heavy atom. The number of amides is 2. The third-order valence-corrected chi connectivity index (χ3v) is 2.79. The van der Waals surface area contributed by atoms with Crippen LogP contribution in [0.4, 0.5) is 5.82 Å². The minimum Gasteiger partial charge on any atom is -0.358 e. The number of rotatable bonds is 3. The van der Waals surface area contributed by atoms with Crippen LogP contribution in [0, 0.1) is 0 Å². The van der Waals surface area contributed by atoms with E-state index in [1.165, 1.54) is 0 Å². The number of hydrogen-bond donors (Lipinski definition) is 2. The van der Waals surface area contributed by atoms with Crippen molar-refractivity contribution in [1.82, 2.24) is 10.3 Å². The molecule has 0 spiro atoms. The van der Waals surface area contributed by atoms with E-state index in [1.807, 2.05) is 12.1 Å². The Morgan fingerprint density at radius 3 is 2.88 bits per heavy atom. The van der Waals surface area contributed by atoms with Crippen molar-refractivity contribution >= 4 is 17.6 Å². The number of anilines is 1. The predicted octanol–water partition coefficient (Wildman–Crippen LogP) is 0.861. The van der Waals surface area contributed by atoms with Crippen LogP contribution in [-0.4, -0.2) is 22.8 Å². The van der Waals surface area contributed by atoms with Gasteiger partial charge in [0.25, 0.3) is 0 Å². The van der Waals surface area contributed by atoms with Crippen molar-refractivity contribution in [3.8, 4) is 0 Å². The first-order chi connectivity index (χ1) is 8.19. The van der Waals surface area contributed by atoms with Crippen LogP contribution in [0.3, 0.4) is 0 Å². The lowest BCUT2D eigenvalue weighted by atomic mass is 10.1. The third-order valence-electron chi connectivity index (χ3n) is 2.79. The highest BCUT2D eigenvalue weighted by Crippen LogP contribution is 2.12. The molecule has 90 valence electrons. The highest BCUT2D eigenvalue weighted by Gasteiger charge is 2.26. The Bertz CT molecular complexity index is 428. The van der Waals surface area contributed by atoms with Gasteiger partial charge in [-0.2, -0.15) is 0 Å². The van der Waals surface area contributed by atoms with Gasteiger partial charge in [0.2, 0.25) is 11.8 Å². The Balaban J connectivity index is 2.00. The van der Waals surface area contributed by atoms with E-state index in [-0.39, 0.29) is 17.9 Å². The van der Waals surface area contributed by atoms with Gasteiger partial charge < -0.3 is 5.32 Å². The molecular formula is C12H15N3O2. The monoisotopic (exact) mass is 233 g/mol. The first-order valence-corrected chi connectivity index (χ1v) is 5.74. The summed E-state index contributed by atoms with van der Waals surface area (Å²) in [5.74, 6) is 0.182. The molecule has 2 heterocycles. The molecule has 1 aliphatic heterocycles. The van der Waals surface area contributed by atoms with Gasteiger partial charge in [0, 0.05) is 12.6 Å². The summed E-state index contributed by atoms with van der Waals surface area (Å²) in [5, 5.41) is 5.33. The van der Waals surface area contributed by atoms with Gasteiger partial charge in [-0.15, -0.1) is 0 Å². The van der Waals surface area contributed by atoms with Crippen LogP contribution < -0.4 is 10.6 Å². The Labute approximate surface area is 99.6 Å². The molecule has 5 nitrogen and oxygen atoms in total. The summed E-state index contributed by atoms with van der Waals surface area (Å²) in [4.78, 5) is 26.7.